The molecule has 1 aromatic heterocycles. The van der Waals surface area contributed by atoms with E-state index in [1.807, 2.05) is 36.3 Å². The Morgan fingerprint density at radius 3 is 2.77 bits per heavy atom. The first-order valence-electron chi connectivity index (χ1n) is 7.69. The van der Waals surface area contributed by atoms with Gasteiger partial charge in [0.05, 0.1) is 5.69 Å². The molecule has 0 bridgehead atoms. The normalized spacial score (nSPS) is 14.6. The summed E-state index contributed by atoms with van der Waals surface area (Å²) in [4.78, 5) is 16.7. The number of aryl methyl sites for hydroxylation is 2. The minimum Gasteiger partial charge on any atom is -0.373 e. The van der Waals surface area contributed by atoms with Crippen LogP contribution in [0.2, 0.25) is 0 Å². The number of anilines is 1. The summed E-state index contributed by atoms with van der Waals surface area (Å²) in [6.07, 6.45) is 3.13. The lowest BCUT2D eigenvalue weighted by molar-refractivity contribution is -0.131. The van der Waals surface area contributed by atoms with Crippen LogP contribution in [0.5, 0.6) is 0 Å². The van der Waals surface area contributed by atoms with Gasteiger partial charge >= 0.3 is 0 Å². The molecule has 2 aromatic rings. The van der Waals surface area contributed by atoms with Crippen molar-refractivity contribution in [1.82, 2.24) is 14.7 Å². The number of carbonyl (C=O) groups is 1. The number of hydrogen-bond donors (Lipinski definition) is 0. The number of benzene rings is 1. The quantitative estimate of drug-likeness (QED) is 0.868. The number of rotatable bonds is 3. The van der Waals surface area contributed by atoms with Crippen molar-refractivity contribution in [2.24, 2.45) is 7.05 Å². The molecule has 1 aromatic carbocycles. The summed E-state index contributed by atoms with van der Waals surface area (Å²) >= 11 is 0. The summed E-state index contributed by atoms with van der Waals surface area (Å²) in [5.41, 5.74) is 3.42. The van der Waals surface area contributed by atoms with E-state index in [1.54, 1.807) is 4.68 Å². The van der Waals surface area contributed by atoms with Gasteiger partial charge < -0.3 is 9.80 Å². The molecule has 0 fully saturated rings. The van der Waals surface area contributed by atoms with E-state index in [2.05, 4.69) is 29.2 Å². The highest BCUT2D eigenvalue weighted by atomic mass is 16.2. The van der Waals surface area contributed by atoms with E-state index in [0.29, 0.717) is 19.4 Å². The molecule has 22 heavy (non-hydrogen) atoms. The van der Waals surface area contributed by atoms with Crippen LogP contribution in [0.25, 0.3) is 0 Å². The van der Waals surface area contributed by atoms with Gasteiger partial charge in [-0.15, -0.1) is 0 Å². The van der Waals surface area contributed by atoms with Crippen LogP contribution in [0.4, 0.5) is 5.69 Å². The lowest BCUT2D eigenvalue weighted by atomic mass is 10.1. The molecule has 1 aliphatic rings. The number of aromatic nitrogens is 2. The Labute approximate surface area is 131 Å². The van der Waals surface area contributed by atoms with Crippen LogP contribution >= 0.6 is 0 Å². The van der Waals surface area contributed by atoms with Crippen molar-refractivity contribution in [1.29, 1.82) is 0 Å². The molecule has 0 aliphatic carbocycles. The fourth-order valence-corrected chi connectivity index (χ4v) is 2.90. The monoisotopic (exact) mass is 298 g/mol. The number of hydrogen-bond acceptors (Lipinski definition) is 3. The standard InChI is InChI=1S/C17H22N4O/c1-19-11-12-21(13-14-5-3-4-6-16(14)19)17(22)8-7-15-9-10-20(2)18-15/h3-6,9-10H,7-8,11-13H2,1-2H3. The summed E-state index contributed by atoms with van der Waals surface area (Å²) < 4.78 is 1.77. The highest BCUT2D eigenvalue weighted by molar-refractivity contribution is 5.77. The summed E-state index contributed by atoms with van der Waals surface area (Å²) in [7, 11) is 3.98. The highest BCUT2D eigenvalue weighted by Gasteiger charge is 2.20. The van der Waals surface area contributed by atoms with Gasteiger partial charge in [-0.2, -0.15) is 5.10 Å². The maximum Gasteiger partial charge on any atom is 0.223 e. The Balaban J connectivity index is 1.66. The van der Waals surface area contributed by atoms with E-state index in [4.69, 9.17) is 0 Å². The average Bonchev–Trinajstić information content (AvgIpc) is 2.86. The van der Waals surface area contributed by atoms with Gasteiger partial charge in [0.25, 0.3) is 0 Å². The van der Waals surface area contributed by atoms with Crippen molar-refractivity contribution in [2.75, 3.05) is 25.0 Å². The van der Waals surface area contributed by atoms with Gasteiger partial charge in [-0.3, -0.25) is 9.48 Å². The van der Waals surface area contributed by atoms with E-state index >= 15 is 0 Å². The molecule has 2 heterocycles. The second-order valence-corrected chi connectivity index (χ2v) is 5.85. The predicted molar refractivity (Wildman–Crippen MR) is 86.7 cm³/mol. The maximum absolute atomic E-state index is 12.5. The number of carbonyl (C=O) groups excluding carboxylic acids is 1. The molecule has 3 rings (SSSR count). The minimum atomic E-state index is 0.204. The molecular formula is C17H22N4O. The summed E-state index contributed by atoms with van der Waals surface area (Å²) in [6, 6.07) is 10.3. The number of likely N-dealkylation sites (N-methyl/N-ethyl adjacent to an activating group) is 1. The first-order valence-corrected chi connectivity index (χ1v) is 7.69. The molecule has 0 radical (unpaired) electrons. The smallest absolute Gasteiger partial charge is 0.223 e. The van der Waals surface area contributed by atoms with Gasteiger partial charge in [0, 0.05) is 58.5 Å². The van der Waals surface area contributed by atoms with Gasteiger partial charge in [0.1, 0.15) is 0 Å². The van der Waals surface area contributed by atoms with Gasteiger partial charge in [-0.05, 0) is 17.7 Å². The molecule has 0 spiro atoms. The summed E-state index contributed by atoms with van der Waals surface area (Å²) in [6.45, 7) is 2.33. The second-order valence-electron chi connectivity index (χ2n) is 5.85. The van der Waals surface area contributed by atoms with Gasteiger partial charge in [-0.25, -0.2) is 0 Å². The van der Waals surface area contributed by atoms with Gasteiger partial charge in [0.15, 0.2) is 0 Å². The molecule has 0 unspecified atom stereocenters. The van der Waals surface area contributed by atoms with Crippen LogP contribution in [0.1, 0.15) is 17.7 Å². The van der Waals surface area contributed by atoms with Crippen LogP contribution in [0.15, 0.2) is 36.5 Å². The average molecular weight is 298 g/mol. The predicted octanol–water partition coefficient (Wildman–Crippen LogP) is 1.83. The Kier molecular flexibility index (Phi) is 4.13. The van der Waals surface area contributed by atoms with Crippen molar-refractivity contribution in [3.63, 3.8) is 0 Å². The van der Waals surface area contributed by atoms with E-state index in [9.17, 15) is 4.79 Å². The number of nitrogens with zero attached hydrogens (tertiary/aromatic N) is 4. The van der Waals surface area contributed by atoms with Crippen LogP contribution in [-0.2, 0) is 24.8 Å². The SMILES string of the molecule is CN1CCN(C(=O)CCc2ccn(C)n2)Cc2ccccc21. The molecular weight excluding hydrogens is 276 g/mol. The first kappa shape index (κ1) is 14.6. The van der Waals surface area contributed by atoms with E-state index in [1.165, 1.54) is 11.3 Å². The third-order valence-electron chi connectivity index (χ3n) is 4.19. The Morgan fingerprint density at radius 2 is 2.00 bits per heavy atom. The summed E-state index contributed by atoms with van der Waals surface area (Å²) in [5, 5.41) is 4.33. The molecule has 0 saturated heterocycles. The second kappa shape index (κ2) is 6.22. The van der Waals surface area contributed by atoms with Crippen LogP contribution in [0.3, 0.4) is 0 Å². The van der Waals surface area contributed by atoms with Crippen molar-refractivity contribution in [3.8, 4) is 0 Å². The van der Waals surface area contributed by atoms with Crippen LogP contribution < -0.4 is 4.90 Å². The molecule has 116 valence electrons. The third-order valence-corrected chi connectivity index (χ3v) is 4.19. The largest absolute Gasteiger partial charge is 0.373 e. The molecule has 1 aliphatic heterocycles. The molecule has 1 amide bonds. The van der Waals surface area contributed by atoms with E-state index in [0.717, 1.165) is 18.8 Å². The van der Waals surface area contributed by atoms with Crippen molar-refractivity contribution in [3.05, 3.63) is 47.8 Å². The number of amides is 1. The summed E-state index contributed by atoms with van der Waals surface area (Å²) in [5.74, 6) is 0.204. The minimum absolute atomic E-state index is 0.204. The fourth-order valence-electron chi connectivity index (χ4n) is 2.90. The Morgan fingerprint density at radius 1 is 1.18 bits per heavy atom. The number of fused-ring (bicyclic) bond motifs is 1. The zero-order valence-corrected chi connectivity index (χ0v) is 13.2. The van der Waals surface area contributed by atoms with E-state index in [-0.39, 0.29) is 5.91 Å². The third kappa shape index (κ3) is 3.13. The van der Waals surface area contributed by atoms with Gasteiger partial charge in [-0.1, -0.05) is 18.2 Å². The van der Waals surface area contributed by atoms with Gasteiger partial charge in [0.2, 0.25) is 5.91 Å². The van der Waals surface area contributed by atoms with Crippen LogP contribution in [0, 0.1) is 0 Å². The van der Waals surface area contributed by atoms with Crippen molar-refractivity contribution < 1.29 is 4.79 Å². The zero-order valence-electron chi connectivity index (χ0n) is 13.2. The zero-order chi connectivity index (χ0) is 15.5. The molecule has 0 saturated carbocycles. The molecule has 5 heteroatoms. The molecule has 0 atom stereocenters. The topological polar surface area (TPSA) is 41.4 Å². The van der Waals surface area contributed by atoms with Crippen LogP contribution in [-0.4, -0.2) is 40.7 Å². The molecule has 5 nitrogen and oxygen atoms in total. The van der Waals surface area contributed by atoms with Crippen molar-refractivity contribution in [2.45, 2.75) is 19.4 Å². The number of para-hydroxylation sites is 1. The molecule has 0 N–H and O–H groups in total. The fraction of sp³-hybridized carbons (Fsp3) is 0.412. The Bertz CT molecular complexity index is 664. The maximum atomic E-state index is 12.5. The van der Waals surface area contributed by atoms with Crippen molar-refractivity contribution >= 4 is 11.6 Å². The van der Waals surface area contributed by atoms with E-state index < -0.39 is 0 Å². The Hall–Kier alpha value is -2.30. The highest BCUT2D eigenvalue weighted by Crippen LogP contribution is 2.24. The first-order chi connectivity index (χ1) is 10.6. The lowest BCUT2D eigenvalue weighted by Crippen LogP contribution is -2.34. The lowest BCUT2D eigenvalue weighted by Gasteiger charge is -2.21.